The minimum atomic E-state index is -4.41. The standard InChI is InChI=1S/C15H20F3N3O2.ClH/c1-10-6-12(3-5-19-10)14(22)21-8-11-2-4-20-13(7-11)23-9-15(16,17)18;/h2,4,7,10,12,19H,3,5-6,8-9H2,1H3,(H,21,22);1H/t10-,12-;/m0./s1. The molecule has 136 valence electrons. The summed E-state index contributed by atoms with van der Waals surface area (Å²) in [5.41, 5.74) is 0.646. The lowest BCUT2D eigenvalue weighted by molar-refractivity contribution is -0.154. The highest BCUT2D eigenvalue weighted by Gasteiger charge is 2.28. The molecule has 2 atom stereocenters. The average Bonchev–Trinajstić information content (AvgIpc) is 2.50. The van der Waals surface area contributed by atoms with Gasteiger partial charge in [0.05, 0.1) is 0 Å². The molecule has 2 rings (SSSR count). The summed E-state index contributed by atoms with van der Waals surface area (Å²) in [7, 11) is 0. The lowest BCUT2D eigenvalue weighted by atomic mass is 9.92. The fourth-order valence-electron chi connectivity index (χ4n) is 2.50. The van der Waals surface area contributed by atoms with Crippen molar-refractivity contribution in [2.75, 3.05) is 13.2 Å². The molecule has 0 radical (unpaired) electrons. The number of amides is 1. The van der Waals surface area contributed by atoms with Gasteiger partial charge in [0, 0.05) is 30.8 Å². The number of alkyl halides is 3. The Balaban J connectivity index is 0.00000288. The fourth-order valence-corrected chi connectivity index (χ4v) is 2.50. The number of carbonyl (C=O) groups is 1. The van der Waals surface area contributed by atoms with Crippen LogP contribution >= 0.6 is 12.4 Å². The van der Waals surface area contributed by atoms with E-state index in [9.17, 15) is 18.0 Å². The zero-order chi connectivity index (χ0) is 16.9. The van der Waals surface area contributed by atoms with Crippen LogP contribution in [-0.2, 0) is 11.3 Å². The third kappa shape index (κ3) is 6.92. The van der Waals surface area contributed by atoms with Crippen LogP contribution < -0.4 is 15.4 Å². The van der Waals surface area contributed by atoms with Crippen molar-refractivity contribution in [2.45, 2.75) is 38.5 Å². The molecule has 1 aromatic rings. The zero-order valence-corrected chi connectivity index (χ0v) is 14.0. The molecule has 1 aliphatic heterocycles. The van der Waals surface area contributed by atoms with Gasteiger partial charge in [-0.2, -0.15) is 13.2 Å². The van der Waals surface area contributed by atoms with Crippen LogP contribution in [0.15, 0.2) is 18.3 Å². The van der Waals surface area contributed by atoms with Crippen LogP contribution in [0.2, 0.25) is 0 Å². The van der Waals surface area contributed by atoms with Crippen LogP contribution in [0.4, 0.5) is 13.2 Å². The smallest absolute Gasteiger partial charge is 0.422 e. The molecule has 2 N–H and O–H groups in total. The van der Waals surface area contributed by atoms with Gasteiger partial charge < -0.3 is 15.4 Å². The lowest BCUT2D eigenvalue weighted by Crippen LogP contribution is -2.42. The molecular weight excluding hydrogens is 347 g/mol. The van der Waals surface area contributed by atoms with Crippen LogP contribution in [0.1, 0.15) is 25.3 Å². The van der Waals surface area contributed by atoms with E-state index < -0.39 is 12.8 Å². The Morgan fingerprint density at radius 2 is 2.25 bits per heavy atom. The second kappa shape index (κ2) is 9.08. The normalized spacial score (nSPS) is 20.8. The molecule has 1 saturated heterocycles. The highest BCUT2D eigenvalue weighted by molar-refractivity contribution is 5.85. The second-order valence-corrected chi connectivity index (χ2v) is 5.70. The Labute approximate surface area is 144 Å². The Morgan fingerprint density at radius 1 is 1.50 bits per heavy atom. The van der Waals surface area contributed by atoms with Gasteiger partial charge in [-0.05, 0) is 37.9 Å². The zero-order valence-electron chi connectivity index (χ0n) is 13.2. The summed E-state index contributed by atoms with van der Waals surface area (Å²) in [4.78, 5) is 15.9. The van der Waals surface area contributed by atoms with Crippen LogP contribution in [0.25, 0.3) is 0 Å². The number of rotatable bonds is 5. The highest BCUT2D eigenvalue weighted by atomic mass is 35.5. The van der Waals surface area contributed by atoms with Gasteiger partial charge in [-0.15, -0.1) is 12.4 Å². The quantitative estimate of drug-likeness (QED) is 0.839. The molecule has 0 spiro atoms. The summed E-state index contributed by atoms with van der Waals surface area (Å²) in [6, 6.07) is 3.34. The first kappa shape index (κ1) is 20.5. The van der Waals surface area contributed by atoms with Crippen LogP contribution in [-0.4, -0.2) is 36.3 Å². The average molecular weight is 368 g/mol. The number of halogens is 4. The fraction of sp³-hybridized carbons (Fsp3) is 0.600. The number of carbonyl (C=O) groups excluding carboxylic acids is 1. The first-order valence-electron chi connectivity index (χ1n) is 7.49. The summed E-state index contributed by atoms with van der Waals surface area (Å²) in [5, 5.41) is 6.09. The van der Waals surface area contributed by atoms with E-state index in [1.165, 1.54) is 12.3 Å². The number of hydrogen-bond donors (Lipinski definition) is 2. The van der Waals surface area contributed by atoms with Crippen molar-refractivity contribution in [2.24, 2.45) is 5.92 Å². The van der Waals surface area contributed by atoms with E-state index in [0.717, 1.165) is 19.4 Å². The van der Waals surface area contributed by atoms with Crippen molar-refractivity contribution in [1.82, 2.24) is 15.6 Å². The van der Waals surface area contributed by atoms with Crippen molar-refractivity contribution in [3.63, 3.8) is 0 Å². The van der Waals surface area contributed by atoms with Crippen LogP contribution in [0.5, 0.6) is 5.88 Å². The SMILES string of the molecule is C[C@H]1C[C@@H](C(=O)NCc2ccnc(OCC(F)(F)F)c2)CCN1.Cl. The number of ether oxygens (including phenoxy) is 1. The van der Waals surface area contributed by atoms with E-state index in [-0.39, 0.29) is 36.7 Å². The van der Waals surface area contributed by atoms with Gasteiger partial charge in [0.2, 0.25) is 11.8 Å². The van der Waals surface area contributed by atoms with Crippen molar-refractivity contribution in [3.8, 4) is 5.88 Å². The minimum Gasteiger partial charge on any atom is -0.468 e. The number of nitrogens with one attached hydrogen (secondary N) is 2. The number of hydrogen-bond acceptors (Lipinski definition) is 4. The number of piperidine rings is 1. The highest BCUT2D eigenvalue weighted by Crippen LogP contribution is 2.18. The van der Waals surface area contributed by atoms with E-state index in [4.69, 9.17) is 0 Å². The topological polar surface area (TPSA) is 63.2 Å². The first-order valence-corrected chi connectivity index (χ1v) is 7.49. The molecular formula is C15H21ClF3N3O2. The van der Waals surface area contributed by atoms with E-state index in [2.05, 4.69) is 20.4 Å². The van der Waals surface area contributed by atoms with Gasteiger partial charge >= 0.3 is 6.18 Å². The molecule has 0 aliphatic carbocycles. The molecule has 24 heavy (non-hydrogen) atoms. The number of nitrogens with zero attached hydrogens (tertiary/aromatic N) is 1. The van der Waals surface area contributed by atoms with Gasteiger partial charge in [-0.3, -0.25) is 4.79 Å². The summed E-state index contributed by atoms with van der Waals surface area (Å²) in [6.45, 7) is 1.70. The Morgan fingerprint density at radius 3 is 2.92 bits per heavy atom. The minimum absolute atomic E-state index is 0. The summed E-state index contributed by atoms with van der Waals surface area (Å²) in [5.74, 6) is -0.175. The monoisotopic (exact) mass is 367 g/mol. The Kier molecular flexibility index (Phi) is 7.75. The molecule has 1 amide bonds. The number of pyridine rings is 1. The maximum Gasteiger partial charge on any atom is 0.422 e. The maximum atomic E-state index is 12.1. The molecule has 1 fully saturated rings. The third-order valence-corrected chi connectivity index (χ3v) is 3.64. The van der Waals surface area contributed by atoms with Crippen molar-refractivity contribution < 1.29 is 22.7 Å². The van der Waals surface area contributed by atoms with Crippen molar-refractivity contribution >= 4 is 18.3 Å². The molecule has 1 aromatic heterocycles. The third-order valence-electron chi connectivity index (χ3n) is 3.64. The maximum absolute atomic E-state index is 12.1. The summed E-state index contributed by atoms with van der Waals surface area (Å²) >= 11 is 0. The first-order chi connectivity index (χ1) is 10.8. The van der Waals surface area contributed by atoms with Crippen molar-refractivity contribution in [3.05, 3.63) is 23.9 Å². The van der Waals surface area contributed by atoms with Gasteiger partial charge in [-0.25, -0.2) is 4.98 Å². The van der Waals surface area contributed by atoms with Gasteiger partial charge in [-0.1, -0.05) is 0 Å². The number of aromatic nitrogens is 1. The molecule has 0 saturated carbocycles. The molecule has 0 aromatic carbocycles. The van der Waals surface area contributed by atoms with Gasteiger partial charge in [0.15, 0.2) is 6.61 Å². The summed E-state index contributed by atoms with van der Waals surface area (Å²) in [6.07, 6.45) is -1.48. The van der Waals surface area contributed by atoms with Crippen LogP contribution in [0, 0.1) is 5.92 Å². The molecule has 2 heterocycles. The largest absolute Gasteiger partial charge is 0.468 e. The predicted octanol–water partition coefficient (Wildman–Crippen LogP) is 2.45. The van der Waals surface area contributed by atoms with E-state index in [0.29, 0.717) is 11.6 Å². The van der Waals surface area contributed by atoms with E-state index in [1.54, 1.807) is 6.07 Å². The summed E-state index contributed by atoms with van der Waals surface area (Å²) < 4.78 is 40.9. The molecule has 9 heteroatoms. The molecule has 5 nitrogen and oxygen atoms in total. The Hall–Kier alpha value is -1.54. The van der Waals surface area contributed by atoms with E-state index in [1.807, 2.05) is 6.92 Å². The molecule has 0 bridgehead atoms. The van der Waals surface area contributed by atoms with E-state index >= 15 is 0 Å². The Bertz CT molecular complexity index is 543. The molecule has 0 unspecified atom stereocenters. The van der Waals surface area contributed by atoms with Crippen molar-refractivity contribution in [1.29, 1.82) is 0 Å². The second-order valence-electron chi connectivity index (χ2n) is 5.70. The van der Waals surface area contributed by atoms with Gasteiger partial charge in [0.1, 0.15) is 0 Å². The predicted molar refractivity (Wildman–Crippen MR) is 85.1 cm³/mol. The molecule has 1 aliphatic rings. The van der Waals surface area contributed by atoms with Crippen LogP contribution in [0.3, 0.4) is 0 Å². The lowest BCUT2D eigenvalue weighted by Gasteiger charge is -2.27. The van der Waals surface area contributed by atoms with Gasteiger partial charge in [0.25, 0.3) is 0 Å².